The molecule has 1 aromatic heterocycles. The van der Waals surface area contributed by atoms with Crippen molar-refractivity contribution in [2.45, 2.75) is 63.6 Å². The van der Waals surface area contributed by atoms with Crippen LogP contribution in [0.1, 0.15) is 52.4 Å². The first-order valence-electron chi connectivity index (χ1n) is 13.9. The van der Waals surface area contributed by atoms with Gasteiger partial charge in [-0.2, -0.15) is 0 Å². The summed E-state index contributed by atoms with van der Waals surface area (Å²) >= 11 is 1.60. The van der Waals surface area contributed by atoms with Crippen LogP contribution in [-0.2, 0) is 9.59 Å². The fraction of sp³-hybridized carbons (Fsp3) is 0.467. The van der Waals surface area contributed by atoms with Gasteiger partial charge in [0.25, 0.3) is 0 Å². The molecule has 0 aliphatic carbocycles. The minimum Gasteiger partial charge on any atom is -0.497 e. The molecule has 1 saturated heterocycles. The Kier molecular flexibility index (Phi) is 10.4. The number of methoxy groups -OCH3 is 1. The van der Waals surface area contributed by atoms with Crippen LogP contribution in [0.3, 0.4) is 0 Å². The summed E-state index contributed by atoms with van der Waals surface area (Å²) in [4.78, 5) is 29.4. The Morgan fingerprint density at radius 1 is 0.949 bits per heavy atom. The Labute approximate surface area is 235 Å². The van der Waals surface area contributed by atoms with Gasteiger partial charge in [0.2, 0.25) is 11.8 Å². The molecule has 1 aliphatic rings. The van der Waals surface area contributed by atoms with Gasteiger partial charge in [-0.15, -0.1) is 10.2 Å². The van der Waals surface area contributed by atoms with Crippen LogP contribution < -0.4 is 4.74 Å². The number of hydrogen-bond donors (Lipinski definition) is 0. The SMILES string of the molecule is CCCCCC(=O)N1CCN(C(=O)CCCSc2nnc(-c3ccccc3)n2-c2ccc(OC)cc2)CC1C. The number of hydrogen-bond acceptors (Lipinski definition) is 6. The average Bonchev–Trinajstić information content (AvgIpc) is 3.39. The van der Waals surface area contributed by atoms with E-state index in [1.165, 1.54) is 0 Å². The molecule has 1 aliphatic heterocycles. The molecule has 0 spiro atoms. The van der Waals surface area contributed by atoms with E-state index >= 15 is 0 Å². The molecule has 4 rings (SSSR count). The Morgan fingerprint density at radius 3 is 2.38 bits per heavy atom. The predicted octanol–water partition coefficient (Wildman–Crippen LogP) is 5.45. The third-order valence-corrected chi connectivity index (χ3v) is 8.07. The predicted molar refractivity (Wildman–Crippen MR) is 155 cm³/mol. The standard InChI is InChI=1S/C30H39N5O3S/c1-4-5-7-13-28(37)34-20-19-33(22-23(34)2)27(36)14-10-21-39-30-32-31-29(24-11-8-6-9-12-24)35(30)25-15-17-26(38-3)18-16-25/h6,8-9,11-12,15-18,23H,4-5,7,10,13-14,19-22H2,1-3H3. The largest absolute Gasteiger partial charge is 0.497 e. The highest BCUT2D eigenvalue weighted by molar-refractivity contribution is 7.99. The maximum absolute atomic E-state index is 12.9. The van der Waals surface area contributed by atoms with Crippen molar-refractivity contribution in [3.8, 4) is 22.8 Å². The van der Waals surface area contributed by atoms with Crippen molar-refractivity contribution in [2.24, 2.45) is 0 Å². The highest BCUT2D eigenvalue weighted by atomic mass is 32.2. The molecule has 2 amide bonds. The minimum absolute atomic E-state index is 0.0608. The van der Waals surface area contributed by atoms with Gasteiger partial charge < -0.3 is 14.5 Å². The van der Waals surface area contributed by atoms with Gasteiger partial charge in [0.15, 0.2) is 11.0 Å². The number of piperazine rings is 1. The van der Waals surface area contributed by atoms with Crippen molar-refractivity contribution >= 4 is 23.6 Å². The zero-order valence-corrected chi connectivity index (χ0v) is 24.0. The normalized spacial score (nSPS) is 15.4. The second-order valence-corrected chi connectivity index (χ2v) is 11.0. The van der Waals surface area contributed by atoms with E-state index in [-0.39, 0.29) is 17.9 Å². The lowest BCUT2D eigenvalue weighted by Crippen LogP contribution is -2.55. The number of unbranched alkanes of at least 4 members (excludes halogenated alkanes) is 2. The third kappa shape index (κ3) is 7.41. The molecule has 0 saturated carbocycles. The van der Waals surface area contributed by atoms with E-state index in [4.69, 9.17) is 4.74 Å². The summed E-state index contributed by atoms with van der Waals surface area (Å²) < 4.78 is 7.38. The van der Waals surface area contributed by atoms with Crippen molar-refractivity contribution in [3.63, 3.8) is 0 Å². The van der Waals surface area contributed by atoms with Crippen LogP contribution >= 0.6 is 11.8 Å². The molecule has 2 aromatic carbocycles. The fourth-order valence-electron chi connectivity index (χ4n) is 4.87. The van der Waals surface area contributed by atoms with Crippen LogP contribution in [0.15, 0.2) is 59.8 Å². The first-order valence-corrected chi connectivity index (χ1v) is 14.9. The summed E-state index contributed by atoms with van der Waals surface area (Å²) in [6.45, 7) is 6.03. The van der Waals surface area contributed by atoms with E-state index in [1.807, 2.05) is 71.3 Å². The molecule has 0 N–H and O–H groups in total. The molecule has 0 bridgehead atoms. The second kappa shape index (κ2) is 14.2. The van der Waals surface area contributed by atoms with Crippen molar-refractivity contribution in [3.05, 3.63) is 54.6 Å². The fourth-order valence-corrected chi connectivity index (χ4v) is 5.76. The van der Waals surface area contributed by atoms with Crippen LogP contribution in [0.4, 0.5) is 0 Å². The van der Waals surface area contributed by atoms with Crippen LogP contribution in [0, 0.1) is 0 Å². The molecule has 39 heavy (non-hydrogen) atoms. The molecule has 9 heteroatoms. The van der Waals surface area contributed by atoms with Gasteiger partial charge in [0.05, 0.1) is 7.11 Å². The first kappa shape index (κ1) is 28.7. The lowest BCUT2D eigenvalue weighted by atomic mass is 10.1. The van der Waals surface area contributed by atoms with Gasteiger partial charge in [-0.25, -0.2) is 0 Å². The molecule has 1 unspecified atom stereocenters. The second-order valence-electron chi connectivity index (χ2n) is 9.89. The number of carbonyl (C=O) groups excluding carboxylic acids is 2. The van der Waals surface area contributed by atoms with Gasteiger partial charge in [-0.3, -0.25) is 14.2 Å². The average molecular weight is 550 g/mol. The van der Waals surface area contributed by atoms with Crippen molar-refractivity contribution < 1.29 is 14.3 Å². The molecule has 1 fully saturated rings. The summed E-state index contributed by atoms with van der Waals surface area (Å²) in [5.41, 5.74) is 1.94. The summed E-state index contributed by atoms with van der Waals surface area (Å²) in [5.74, 6) is 2.69. The lowest BCUT2D eigenvalue weighted by Gasteiger charge is -2.40. The number of rotatable bonds is 12. The van der Waals surface area contributed by atoms with Crippen molar-refractivity contribution in [1.82, 2.24) is 24.6 Å². The summed E-state index contributed by atoms with van der Waals surface area (Å²) in [7, 11) is 1.65. The van der Waals surface area contributed by atoms with E-state index in [1.54, 1.807) is 18.9 Å². The van der Waals surface area contributed by atoms with Gasteiger partial charge in [0, 0.05) is 55.5 Å². The smallest absolute Gasteiger partial charge is 0.222 e. The van der Waals surface area contributed by atoms with E-state index in [2.05, 4.69) is 21.7 Å². The maximum Gasteiger partial charge on any atom is 0.222 e. The molecule has 1 atom stereocenters. The zero-order valence-electron chi connectivity index (χ0n) is 23.2. The number of amides is 2. The molecule has 0 radical (unpaired) electrons. The van der Waals surface area contributed by atoms with E-state index < -0.39 is 0 Å². The van der Waals surface area contributed by atoms with Gasteiger partial charge in [-0.1, -0.05) is 61.9 Å². The zero-order chi connectivity index (χ0) is 27.6. The van der Waals surface area contributed by atoms with Crippen LogP contribution in [0.5, 0.6) is 5.75 Å². The Balaban J connectivity index is 1.33. The summed E-state index contributed by atoms with van der Waals surface area (Å²) in [6.07, 6.45) is 4.96. The van der Waals surface area contributed by atoms with E-state index in [9.17, 15) is 9.59 Å². The highest BCUT2D eigenvalue weighted by Crippen LogP contribution is 2.29. The highest BCUT2D eigenvalue weighted by Gasteiger charge is 2.29. The summed E-state index contributed by atoms with van der Waals surface area (Å²) in [6, 6.07) is 17.9. The Morgan fingerprint density at radius 2 is 1.69 bits per heavy atom. The van der Waals surface area contributed by atoms with Crippen molar-refractivity contribution in [2.75, 3.05) is 32.5 Å². The van der Waals surface area contributed by atoms with Gasteiger partial charge >= 0.3 is 0 Å². The van der Waals surface area contributed by atoms with Gasteiger partial charge in [0.1, 0.15) is 5.75 Å². The Bertz CT molecular complexity index is 1220. The van der Waals surface area contributed by atoms with Gasteiger partial charge in [-0.05, 0) is 44.0 Å². The van der Waals surface area contributed by atoms with Crippen LogP contribution in [-0.4, -0.2) is 74.9 Å². The van der Waals surface area contributed by atoms with E-state index in [0.29, 0.717) is 32.5 Å². The number of carbonyl (C=O) groups is 2. The maximum atomic E-state index is 12.9. The number of nitrogens with zero attached hydrogens (tertiary/aromatic N) is 5. The quantitative estimate of drug-likeness (QED) is 0.221. The number of aromatic nitrogens is 3. The third-order valence-electron chi connectivity index (χ3n) is 7.06. The monoisotopic (exact) mass is 549 g/mol. The number of thioether (sulfide) groups is 1. The van der Waals surface area contributed by atoms with Crippen LogP contribution in [0.25, 0.3) is 17.1 Å². The first-order chi connectivity index (χ1) is 19.0. The lowest BCUT2D eigenvalue weighted by molar-refractivity contribution is -0.142. The number of benzene rings is 2. The molecular weight excluding hydrogens is 510 g/mol. The number of ether oxygens (including phenoxy) is 1. The molecule has 2 heterocycles. The molecule has 208 valence electrons. The summed E-state index contributed by atoms with van der Waals surface area (Å²) in [5, 5.41) is 9.78. The Hall–Kier alpha value is -3.33. The molecule has 8 nitrogen and oxygen atoms in total. The topological polar surface area (TPSA) is 80.6 Å². The minimum atomic E-state index is 0.0608. The molecule has 3 aromatic rings. The van der Waals surface area contributed by atoms with Crippen LogP contribution in [0.2, 0.25) is 0 Å². The molecular formula is C30H39N5O3S. The van der Waals surface area contributed by atoms with E-state index in [0.717, 1.165) is 59.4 Å². The van der Waals surface area contributed by atoms with Crippen molar-refractivity contribution in [1.29, 1.82) is 0 Å².